The standard InChI is InChI=1S/C31H42NO6SSi/c1-30(2,3)21-9-13-23-20(16-21)8-12-25-24(23)14-15-31(18-37-40(4)5)26(25)17-27(33)28(31)38-29(34)19-6-10-22(11-7-19)39(32,35)36/h6-7,9-11,13,16,24-28,33H,8,12,14-15,17-18H2,1-5H3,(H2,32,35,36)/t24-,25-,26+,27-,28+,31-/m1/s1. The molecule has 9 heteroatoms. The molecule has 0 aliphatic heterocycles. The van der Waals surface area contributed by atoms with Crippen molar-refractivity contribution in [2.45, 2.75) is 94.4 Å². The predicted octanol–water partition coefficient (Wildman–Crippen LogP) is 4.93. The minimum Gasteiger partial charge on any atom is -0.455 e. The number of carbonyl (C=O) groups excluding carboxylic acids is 1. The summed E-state index contributed by atoms with van der Waals surface area (Å²) < 4.78 is 35.7. The van der Waals surface area contributed by atoms with Crippen LogP contribution in [0.5, 0.6) is 0 Å². The molecule has 7 nitrogen and oxygen atoms in total. The van der Waals surface area contributed by atoms with Crippen LogP contribution in [-0.4, -0.2) is 47.3 Å². The van der Waals surface area contributed by atoms with Gasteiger partial charge in [0.05, 0.1) is 16.6 Å². The molecule has 217 valence electrons. The summed E-state index contributed by atoms with van der Waals surface area (Å²) in [4.78, 5) is 13.2. The minimum absolute atomic E-state index is 0.0685. The van der Waals surface area contributed by atoms with Crippen LogP contribution in [0.4, 0.5) is 0 Å². The molecule has 1 radical (unpaired) electrons. The highest BCUT2D eigenvalue weighted by Gasteiger charge is 2.62. The van der Waals surface area contributed by atoms with Gasteiger partial charge >= 0.3 is 5.97 Å². The van der Waals surface area contributed by atoms with E-state index in [4.69, 9.17) is 14.3 Å². The van der Waals surface area contributed by atoms with Crippen molar-refractivity contribution < 1.29 is 27.5 Å². The van der Waals surface area contributed by atoms with E-state index in [0.717, 1.165) is 25.7 Å². The molecule has 0 saturated heterocycles. The van der Waals surface area contributed by atoms with Gasteiger partial charge in [-0.3, -0.25) is 0 Å². The molecule has 2 saturated carbocycles. The van der Waals surface area contributed by atoms with Gasteiger partial charge in [-0.25, -0.2) is 18.4 Å². The summed E-state index contributed by atoms with van der Waals surface area (Å²) in [7, 11) is -4.87. The van der Waals surface area contributed by atoms with Crippen molar-refractivity contribution in [3.63, 3.8) is 0 Å². The zero-order valence-electron chi connectivity index (χ0n) is 24.1. The van der Waals surface area contributed by atoms with Crippen LogP contribution in [0.15, 0.2) is 47.4 Å². The Kier molecular flexibility index (Phi) is 7.85. The number of carbonyl (C=O) groups is 1. The van der Waals surface area contributed by atoms with Gasteiger partial charge in [-0.1, -0.05) is 39.0 Å². The third-order valence-electron chi connectivity index (χ3n) is 9.54. The fourth-order valence-electron chi connectivity index (χ4n) is 7.52. The van der Waals surface area contributed by atoms with Crippen LogP contribution in [0, 0.1) is 17.3 Å². The van der Waals surface area contributed by atoms with E-state index in [1.54, 1.807) is 0 Å². The van der Waals surface area contributed by atoms with Crippen molar-refractivity contribution in [1.29, 1.82) is 0 Å². The van der Waals surface area contributed by atoms with Crippen LogP contribution in [0.25, 0.3) is 0 Å². The Balaban J connectivity index is 1.43. The number of fused-ring (bicyclic) bond motifs is 5. The van der Waals surface area contributed by atoms with Crippen LogP contribution >= 0.6 is 0 Å². The molecule has 0 amide bonds. The Bertz CT molecular complexity index is 1370. The highest BCUT2D eigenvalue weighted by atomic mass is 32.2. The predicted molar refractivity (Wildman–Crippen MR) is 156 cm³/mol. The lowest BCUT2D eigenvalue weighted by Gasteiger charge is -2.51. The van der Waals surface area contributed by atoms with Crippen LogP contribution in [0.3, 0.4) is 0 Å². The summed E-state index contributed by atoms with van der Waals surface area (Å²) in [5.74, 6) is 0.424. The summed E-state index contributed by atoms with van der Waals surface area (Å²) in [5.41, 5.74) is 4.14. The number of esters is 1. The smallest absolute Gasteiger partial charge is 0.338 e. The van der Waals surface area contributed by atoms with E-state index in [-0.39, 0.29) is 21.8 Å². The normalized spacial score (nSPS) is 29.9. The molecule has 0 heterocycles. The Morgan fingerprint density at radius 1 is 1.12 bits per heavy atom. The SMILES string of the molecule is C[Si](C)OC[C@]12CC[C@@H]3c4ccc(C(C)(C)C)cc4CC[C@H]3[C@@H]1C[C@@H](O)[C@@H]2OC(=O)c1ccc(S(N)(=O)=O)cc1. The van der Waals surface area contributed by atoms with E-state index < -0.39 is 42.7 Å². The summed E-state index contributed by atoms with van der Waals surface area (Å²) in [6.07, 6.45) is 2.96. The summed E-state index contributed by atoms with van der Waals surface area (Å²) in [6, 6.07) is 12.4. The molecule has 6 atom stereocenters. The first-order chi connectivity index (χ1) is 18.7. The second-order valence-corrected chi connectivity index (χ2v) is 16.9. The third kappa shape index (κ3) is 5.43. The lowest BCUT2D eigenvalue weighted by molar-refractivity contribution is -0.0944. The van der Waals surface area contributed by atoms with Crippen molar-refractivity contribution in [2.24, 2.45) is 22.4 Å². The average molecular weight is 585 g/mol. The molecule has 0 aromatic heterocycles. The zero-order chi connectivity index (χ0) is 29.0. The van der Waals surface area contributed by atoms with Crippen LogP contribution < -0.4 is 5.14 Å². The first kappa shape index (κ1) is 29.4. The molecule has 3 aliphatic carbocycles. The number of hydrogen-bond donors (Lipinski definition) is 2. The molecule has 2 aromatic rings. The van der Waals surface area contributed by atoms with E-state index in [9.17, 15) is 18.3 Å². The molecule has 2 fully saturated rings. The maximum Gasteiger partial charge on any atom is 0.338 e. The number of hydrogen-bond acceptors (Lipinski definition) is 6. The molecule has 3 aliphatic rings. The Morgan fingerprint density at radius 3 is 2.45 bits per heavy atom. The van der Waals surface area contributed by atoms with Crippen LogP contribution in [0.1, 0.15) is 79.4 Å². The molecule has 5 rings (SSSR count). The van der Waals surface area contributed by atoms with E-state index >= 15 is 0 Å². The van der Waals surface area contributed by atoms with Gasteiger partial charge in [0, 0.05) is 12.0 Å². The van der Waals surface area contributed by atoms with Gasteiger partial charge in [-0.2, -0.15) is 0 Å². The van der Waals surface area contributed by atoms with Crippen molar-refractivity contribution >= 4 is 25.0 Å². The first-order valence-electron chi connectivity index (χ1n) is 14.3. The monoisotopic (exact) mass is 584 g/mol. The molecule has 0 unspecified atom stereocenters. The van der Waals surface area contributed by atoms with Crippen LogP contribution in [0.2, 0.25) is 13.1 Å². The van der Waals surface area contributed by atoms with Crippen molar-refractivity contribution in [3.8, 4) is 0 Å². The van der Waals surface area contributed by atoms with Gasteiger partial charge in [0.25, 0.3) is 0 Å². The van der Waals surface area contributed by atoms with E-state index in [0.29, 0.717) is 24.9 Å². The number of aryl methyl sites for hydroxylation is 1. The number of rotatable bonds is 6. The van der Waals surface area contributed by atoms with E-state index in [1.165, 1.54) is 41.0 Å². The second kappa shape index (κ2) is 10.7. The molecule has 40 heavy (non-hydrogen) atoms. The minimum atomic E-state index is -3.87. The quantitative estimate of drug-likeness (QED) is 0.367. The lowest BCUT2D eigenvalue weighted by Crippen LogP contribution is -2.51. The maximum atomic E-state index is 13.3. The average Bonchev–Trinajstić information content (AvgIpc) is 3.17. The van der Waals surface area contributed by atoms with Gasteiger partial charge in [-0.15, -0.1) is 0 Å². The first-order valence-corrected chi connectivity index (χ1v) is 18.2. The molecule has 3 N–H and O–H groups in total. The van der Waals surface area contributed by atoms with Gasteiger partial charge in [-0.05, 0) is 109 Å². The van der Waals surface area contributed by atoms with Crippen molar-refractivity contribution in [3.05, 3.63) is 64.7 Å². The van der Waals surface area contributed by atoms with Gasteiger partial charge in [0.2, 0.25) is 19.1 Å². The topological polar surface area (TPSA) is 116 Å². The Labute approximate surface area is 240 Å². The summed E-state index contributed by atoms with van der Waals surface area (Å²) in [6.45, 7) is 11.4. The largest absolute Gasteiger partial charge is 0.455 e. The fraction of sp³-hybridized carbons (Fsp3) is 0.581. The molecule has 2 aromatic carbocycles. The van der Waals surface area contributed by atoms with Gasteiger partial charge in [0.15, 0.2) is 0 Å². The number of nitrogens with two attached hydrogens (primary N) is 1. The zero-order valence-corrected chi connectivity index (χ0v) is 26.0. The third-order valence-corrected chi connectivity index (χ3v) is 11.2. The van der Waals surface area contributed by atoms with Crippen LogP contribution in [-0.2, 0) is 31.0 Å². The highest BCUT2D eigenvalue weighted by Crippen LogP contribution is 2.62. The molecular formula is C31H42NO6SSi. The maximum absolute atomic E-state index is 13.3. The number of aliphatic hydroxyl groups is 1. The molecular weight excluding hydrogens is 542 g/mol. The Morgan fingerprint density at radius 2 is 1.82 bits per heavy atom. The second-order valence-electron chi connectivity index (χ2n) is 13.2. The summed E-state index contributed by atoms with van der Waals surface area (Å²) in [5, 5.41) is 16.6. The van der Waals surface area contributed by atoms with E-state index in [1.807, 2.05) is 0 Å². The van der Waals surface area contributed by atoms with Gasteiger partial charge in [0.1, 0.15) is 6.10 Å². The number of primary sulfonamides is 1. The lowest BCUT2D eigenvalue weighted by atomic mass is 9.55. The molecule has 0 bridgehead atoms. The van der Waals surface area contributed by atoms with Gasteiger partial charge < -0.3 is 14.3 Å². The molecule has 0 spiro atoms. The highest BCUT2D eigenvalue weighted by molar-refractivity contribution is 7.89. The van der Waals surface area contributed by atoms with E-state index in [2.05, 4.69) is 52.1 Å². The number of benzene rings is 2. The fourth-order valence-corrected chi connectivity index (χ4v) is 8.59. The summed E-state index contributed by atoms with van der Waals surface area (Å²) >= 11 is 0. The number of ether oxygens (including phenoxy) is 1. The van der Waals surface area contributed by atoms with Crippen molar-refractivity contribution in [2.75, 3.05) is 6.61 Å². The number of aliphatic hydroxyl groups excluding tert-OH is 1. The Hall–Kier alpha value is -2.04. The number of sulfonamides is 1. The van der Waals surface area contributed by atoms with Crippen molar-refractivity contribution in [1.82, 2.24) is 0 Å².